The molecule has 2 heteroatoms. The summed E-state index contributed by atoms with van der Waals surface area (Å²) in [4.78, 5) is 15.9. The number of aryl methyl sites for hydroxylation is 1. The molecular weight excluding hydrogens is 270 g/mol. The molecule has 22 heavy (non-hydrogen) atoms. The third kappa shape index (κ3) is 2.44. The minimum atomic E-state index is 0.734. The molecule has 0 spiro atoms. The Kier molecular flexibility index (Phi) is 3.84. The fraction of sp³-hybridized carbons (Fsp3) is 0.100. The van der Waals surface area contributed by atoms with E-state index in [-0.39, 0.29) is 0 Å². The van der Waals surface area contributed by atoms with Crippen LogP contribution in [0.4, 0.5) is 0 Å². The fourth-order valence-corrected chi connectivity index (χ4v) is 2.79. The van der Waals surface area contributed by atoms with Crippen LogP contribution >= 0.6 is 0 Å². The molecule has 0 atom stereocenters. The standard InChI is InChI=1S/C20H17NO/c1-14-10-11-21-12-19(14)18-9-8-17(15(2)20(18)13-22)16-6-4-3-5-7-16/h3-13H,1-2H3. The zero-order valence-electron chi connectivity index (χ0n) is 12.7. The van der Waals surface area contributed by atoms with Crippen molar-refractivity contribution in [3.63, 3.8) is 0 Å². The van der Waals surface area contributed by atoms with Gasteiger partial charge in [-0.3, -0.25) is 9.78 Å². The lowest BCUT2D eigenvalue weighted by Gasteiger charge is -2.14. The molecule has 0 N–H and O–H groups in total. The van der Waals surface area contributed by atoms with Crippen LogP contribution in [0.3, 0.4) is 0 Å². The van der Waals surface area contributed by atoms with E-state index in [1.54, 1.807) is 6.20 Å². The van der Waals surface area contributed by atoms with E-state index in [2.05, 4.69) is 23.2 Å². The summed E-state index contributed by atoms with van der Waals surface area (Å²) in [6.45, 7) is 4.04. The molecule has 1 heterocycles. The average molecular weight is 287 g/mol. The summed E-state index contributed by atoms with van der Waals surface area (Å²) in [6, 6.07) is 16.2. The zero-order chi connectivity index (χ0) is 15.5. The molecule has 2 nitrogen and oxygen atoms in total. The van der Waals surface area contributed by atoms with Crippen LogP contribution in [0.5, 0.6) is 0 Å². The van der Waals surface area contributed by atoms with Gasteiger partial charge in [0.2, 0.25) is 0 Å². The van der Waals surface area contributed by atoms with Gasteiger partial charge in [-0.2, -0.15) is 0 Å². The number of nitrogens with zero attached hydrogens (tertiary/aromatic N) is 1. The highest BCUT2D eigenvalue weighted by Gasteiger charge is 2.13. The van der Waals surface area contributed by atoms with Crippen LogP contribution < -0.4 is 0 Å². The molecule has 1 aromatic heterocycles. The number of pyridine rings is 1. The van der Waals surface area contributed by atoms with Crippen LogP contribution in [0.25, 0.3) is 22.3 Å². The second kappa shape index (κ2) is 5.94. The van der Waals surface area contributed by atoms with Crippen LogP contribution in [0, 0.1) is 13.8 Å². The van der Waals surface area contributed by atoms with Crippen LogP contribution in [0.1, 0.15) is 21.5 Å². The first-order valence-electron chi connectivity index (χ1n) is 7.27. The number of hydrogen-bond acceptors (Lipinski definition) is 2. The third-order valence-electron chi connectivity index (χ3n) is 4.05. The maximum absolute atomic E-state index is 11.7. The highest BCUT2D eigenvalue weighted by molar-refractivity contribution is 5.93. The normalized spacial score (nSPS) is 10.5. The van der Waals surface area contributed by atoms with Gasteiger partial charge in [-0.15, -0.1) is 0 Å². The SMILES string of the molecule is Cc1ccncc1-c1ccc(-c2ccccc2)c(C)c1C=O. The summed E-state index contributed by atoms with van der Waals surface area (Å²) in [5.74, 6) is 0. The summed E-state index contributed by atoms with van der Waals surface area (Å²) in [6.07, 6.45) is 4.54. The fourth-order valence-electron chi connectivity index (χ4n) is 2.79. The van der Waals surface area contributed by atoms with E-state index in [1.165, 1.54) is 0 Å². The van der Waals surface area contributed by atoms with Gasteiger partial charge in [0, 0.05) is 23.5 Å². The number of aldehydes is 1. The van der Waals surface area contributed by atoms with E-state index < -0.39 is 0 Å². The molecule has 0 saturated heterocycles. The van der Waals surface area contributed by atoms with Crippen molar-refractivity contribution in [2.45, 2.75) is 13.8 Å². The number of carbonyl (C=O) groups is 1. The second-order valence-electron chi connectivity index (χ2n) is 5.37. The topological polar surface area (TPSA) is 30.0 Å². The minimum absolute atomic E-state index is 0.734. The Labute approximate surface area is 130 Å². The quantitative estimate of drug-likeness (QED) is 0.645. The molecule has 0 fully saturated rings. The summed E-state index contributed by atoms with van der Waals surface area (Å²) in [5.41, 5.74) is 7.01. The van der Waals surface area contributed by atoms with E-state index >= 15 is 0 Å². The molecule has 0 aliphatic carbocycles. The van der Waals surface area contributed by atoms with Crippen LogP contribution in [0.15, 0.2) is 60.9 Å². The molecule has 3 aromatic rings. The Morgan fingerprint density at radius 1 is 0.864 bits per heavy atom. The molecule has 2 aromatic carbocycles. The highest BCUT2D eigenvalue weighted by atomic mass is 16.1. The Morgan fingerprint density at radius 3 is 2.27 bits per heavy atom. The highest BCUT2D eigenvalue weighted by Crippen LogP contribution is 2.33. The Bertz CT molecular complexity index is 822. The molecule has 0 aliphatic rings. The minimum Gasteiger partial charge on any atom is -0.298 e. The predicted molar refractivity (Wildman–Crippen MR) is 90.0 cm³/mol. The lowest BCUT2D eigenvalue weighted by molar-refractivity contribution is 0.112. The molecule has 0 radical (unpaired) electrons. The number of rotatable bonds is 3. The van der Waals surface area contributed by atoms with Crippen molar-refractivity contribution >= 4 is 6.29 Å². The largest absolute Gasteiger partial charge is 0.298 e. The van der Waals surface area contributed by atoms with Crippen LogP contribution in [-0.4, -0.2) is 11.3 Å². The summed E-state index contributed by atoms with van der Waals surface area (Å²) < 4.78 is 0. The first-order valence-corrected chi connectivity index (χ1v) is 7.27. The Morgan fingerprint density at radius 2 is 1.59 bits per heavy atom. The van der Waals surface area contributed by atoms with Gasteiger partial charge in [-0.05, 0) is 47.7 Å². The molecular formula is C20H17NO. The molecule has 0 unspecified atom stereocenters. The van der Waals surface area contributed by atoms with E-state index in [4.69, 9.17) is 0 Å². The van der Waals surface area contributed by atoms with E-state index in [9.17, 15) is 4.79 Å². The molecule has 0 bridgehead atoms. The third-order valence-corrected chi connectivity index (χ3v) is 4.05. The summed E-state index contributed by atoms with van der Waals surface area (Å²) in [7, 11) is 0. The lowest BCUT2D eigenvalue weighted by atomic mass is 9.90. The number of carbonyl (C=O) groups excluding carboxylic acids is 1. The van der Waals surface area contributed by atoms with Gasteiger partial charge in [0.1, 0.15) is 0 Å². The van der Waals surface area contributed by atoms with Crippen LogP contribution in [0.2, 0.25) is 0 Å². The van der Waals surface area contributed by atoms with Crippen molar-refractivity contribution in [3.05, 3.63) is 77.6 Å². The molecule has 0 aliphatic heterocycles. The zero-order valence-corrected chi connectivity index (χ0v) is 12.7. The number of hydrogen-bond donors (Lipinski definition) is 0. The molecule has 108 valence electrons. The van der Waals surface area contributed by atoms with E-state index in [0.29, 0.717) is 0 Å². The van der Waals surface area contributed by atoms with Crippen molar-refractivity contribution in [2.24, 2.45) is 0 Å². The van der Waals surface area contributed by atoms with Gasteiger partial charge in [0.15, 0.2) is 6.29 Å². The maximum atomic E-state index is 11.7. The monoisotopic (exact) mass is 287 g/mol. The number of aromatic nitrogens is 1. The molecule has 0 saturated carbocycles. The first-order chi connectivity index (χ1) is 10.7. The van der Waals surface area contributed by atoms with Gasteiger partial charge >= 0.3 is 0 Å². The van der Waals surface area contributed by atoms with Crippen molar-refractivity contribution in [3.8, 4) is 22.3 Å². The van der Waals surface area contributed by atoms with Gasteiger partial charge in [-0.1, -0.05) is 42.5 Å². The molecule has 3 rings (SSSR count). The molecule has 0 amide bonds. The van der Waals surface area contributed by atoms with Crippen molar-refractivity contribution in [2.75, 3.05) is 0 Å². The van der Waals surface area contributed by atoms with E-state index in [1.807, 2.05) is 50.4 Å². The summed E-state index contributed by atoms with van der Waals surface area (Å²) >= 11 is 0. The smallest absolute Gasteiger partial charge is 0.150 e. The number of benzene rings is 2. The van der Waals surface area contributed by atoms with Gasteiger partial charge in [0.25, 0.3) is 0 Å². The van der Waals surface area contributed by atoms with Crippen molar-refractivity contribution in [1.29, 1.82) is 0 Å². The van der Waals surface area contributed by atoms with Crippen molar-refractivity contribution in [1.82, 2.24) is 4.98 Å². The Hall–Kier alpha value is -2.74. The maximum Gasteiger partial charge on any atom is 0.150 e. The van der Waals surface area contributed by atoms with Crippen LogP contribution in [-0.2, 0) is 0 Å². The lowest BCUT2D eigenvalue weighted by Crippen LogP contribution is -1.97. The Balaban J connectivity index is 2.22. The van der Waals surface area contributed by atoms with Gasteiger partial charge < -0.3 is 0 Å². The van der Waals surface area contributed by atoms with Gasteiger partial charge in [0.05, 0.1) is 0 Å². The summed E-state index contributed by atoms with van der Waals surface area (Å²) in [5, 5.41) is 0. The van der Waals surface area contributed by atoms with Crippen molar-refractivity contribution < 1.29 is 4.79 Å². The first kappa shape index (κ1) is 14.2. The van der Waals surface area contributed by atoms with E-state index in [0.717, 1.165) is 45.2 Å². The second-order valence-corrected chi connectivity index (χ2v) is 5.37. The predicted octanol–water partition coefficient (Wildman–Crippen LogP) is 4.84. The van der Waals surface area contributed by atoms with Gasteiger partial charge in [-0.25, -0.2) is 0 Å². The average Bonchev–Trinajstić information content (AvgIpc) is 2.56.